The van der Waals surface area contributed by atoms with Gasteiger partial charge in [0.05, 0.1) is 13.0 Å². The number of halogens is 3. The quantitative estimate of drug-likeness (QED) is 0.872. The third-order valence-electron chi connectivity index (χ3n) is 2.49. The first-order chi connectivity index (χ1) is 7.81. The average Bonchev–Trinajstić information content (AvgIpc) is 2.56. The molecule has 0 aliphatic carbocycles. The van der Waals surface area contributed by atoms with Crippen molar-refractivity contribution in [2.45, 2.75) is 32.6 Å². The summed E-state index contributed by atoms with van der Waals surface area (Å²) in [7, 11) is 1.65. The Morgan fingerprint density at radius 3 is 2.53 bits per heavy atom. The molecule has 0 unspecified atom stereocenters. The molecule has 0 aromatic carbocycles. The van der Waals surface area contributed by atoms with Crippen LogP contribution in [0.1, 0.15) is 23.5 Å². The van der Waals surface area contributed by atoms with E-state index in [1.165, 1.54) is 0 Å². The minimum atomic E-state index is -4.11. The van der Waals surface area contributed by atoms with Crippen molar-refractivity contribution in [3.63, 3.8) is 0 Å². The second-order valence-corrected chi connectivity index (χ2v) is 4.10. The van der Waals surface area contributed by atoms with Crippen LogP contribution < -0.4 is 5.73 Å². The van der Waals surface area contributed by atoms with E-state index in [1.54, 1.807) is 24.9 Å². The van der Waals surface area contributed by atoms with Crippen LogP contribution in [-0.4, -0.2) is 24.7 Å². The van der Waals surface area contributed by atoms with Crippen molar-refractivity contribution in [1.82, 2.24) is 4.90 Å². The van der Waals surface area contributed by atoms with Crippen LogP contribution in [0, 0.1) is 6.92 Å². The van der Waals surface area contributed by atoms with Crippen LogP contribution in [0.15, 0.2) is 10.5 Å². The van der Waals surface area contributed by atoms with E-state index in [2.05, 4.69) is 0 Å². The Morgan fingerprint density at radius 1 is 1.41 bits per heavy atom. The summed E-state index contributed by atoms with van der Waals surface area (Å²) >= 11 is 0. The highest BCUT2D eigenvalue weighted by molar-refractivity contribution is 5.20. The first-order valence-corrected chi connectivity index (χ1v) is 5.35. The number of furan rings is 1. The summed E-state index contributed by atoms with van der Waals surface area (Å²) in [4.78, 5) is 1.62. The Kier molecular flexibility index (Phi) is 4.59. The van der Waals surface area contributed by atoms with Crippen molar-refractivity contribution >= 4 is 0 Å². The zero-order valence-corrected chi connectivity index (χ0v) is 9.97. The molecule has 1 aromatic rings. The first-order valence-electron chi connectivity index (χ1n) is 5.35. The minimum absolute atomic E-state index is 0.0217. The summed E-state index contributed by atoms with van der Waals surface area (Å²) in [5, 5.41) is 0. The number of aryl methyl sites for hydroxylation is 1. The van der Waals surface area contributed by atoms with Crippen molar-refractivity contribution < 1.29 is 17.6 Å². The van der Waals surface area contributed by atoms with Crippen molar-refractivity contribution in [3.8, 4) is 0 Å². The van der Waals surface area contributed by atoms with Gasteiger partial charge in [0.25, 0.3) is 0 Å². The topological polar surface area (TPSA) is 42.4 Å². The molecule has 0 saturated carbocycles. The molecule has 0 bridgehead atoms. The Morgan fingerprint density at radius 2 is 2.06 bits per heavy atom. The number of nitrogens with zero attached hydrogens (tertiary/aromatic N) is 1. The lowest BCUT2D eigenvalue weighted by molar-refractivity contribution is -0.137. The first kappa shape index (κ1) is 14.1. The standard InChI is InChI=1S/C11H17F3N2O/c1-8-9(5-10(6-15)17-8)7-16(2)4-3-11(12,13)14/h5H,3-4,6-7,15H2,1-2H3. The summed E-state index contributed by atoms with van der Waals surface area (Å²) in [5.74, 6) is 1.37. The van der Waals surface area contributed by atoms with E-state index in [0.29, 0.717) is 24.6 Å². The van der Waals surface area contributed by atoms with Gasteiger partial charge in [-0.25, -0.2) is 0 Å². The molecule has 6 heteroatoms. The maximum absolute atomic E-state index is 12.0. The Bertz CT molecular complexity index is 360. The molecular formula is C11H17F3N2O. The predicted molar refractivity (Wildman–Crippen MR) is 58.3 cm³/mol. The monoisotopic (exact) mass is 250 g/mol. The van der Waals surface area contributed by atoms with Gasteiger partial charge in [-0.15, -0.1) is 0 Å². The van der Waals surface area contributed by atoms with E-state index in [0.717, 1.165) is 5.56 Å². The molecule has 0 spiro atoms. The molecule has 3 nitrogen and oxygen atoms in total. The molecule has 0 radical (unpaired) electrons. The Hall–Kier alpha value is -1.01. The van der Waals surface area contributed by atoms with Crippen molar-refractivity contribution in [2.75, 3.05) is 13.6 Å². The SMILES string of the molecule is Cc1oc(CN)cc1CN(C)CCC(F)(F)F. The lowest BCUT2D eigenvalue weighted by Crippen LogP contribution is -2.24. The van der Waals surface area contributed by atoms with Crippen molar-refractivity contribution in [2.24, 2.45) is 5.73 Å². The van der Waals surface area contributed by atoms with Gasteiger partial charge >= 0.3 is 6.18 Å². The largest absolute Gasteiger partial charge is 0.465 e. The van der Waals surface area contributed by atoms with Gasteiger partial charge in [-0.05, 0) is 20.0 Å². The molecule has 98 valence electrons. The van der Waals surface area contributed by atoms with Crippen LogP contribution in [0.4, 0.5) is 13.2 Å². The smallest absolute Gasteiger partial charge is 0.390 e. The van der Waals surface area contributed by atoms with Crippen LogP contribution >= 0.6 is 0 Å². The predicted octanol–water partition coefficient (Wildman–Crippen LogP) is 2.43. The Labute approximate surface area is 98.4 Å². The van der Waals surface area contributed by atoms with Crippen LogP contribution in [0.25, 0.3) is 0 Å². The van der Waals surface area contributed by atoms with Crippen LogP contribution in [-0.2, 0) is 13.1 Å². The number of hydrogen-bond acceptors (Lipinski definition) is 3. The van der Waals surface area contributed by atoms with Crippen LogP contribution in [0.3, 0.4) is 0 Å². The molecule has 0 atom stereocenters. The molecule has 2 N–H and O–H groups in total. The lowest BCUT2D eigenvalue weighted by atomic mass is 10.2. The zero-order valence-electron chi connectivity index (χ0n) is 9.97. The second-order valence-electron chi connectivity index (χ2n) is 4.10. The molecule has 0 amide bonds. The fraction of sp³-hybridized carbons (Fsp3) is 0.636. The van der Waals surface area contributed by atoms with Gasteiger partial charge in [0, 0.05) is 18.7 Å². The third kappa shape index (κ3) is 4.79. The van der Waals surface area contributed by atoms with Gasteiger partial charge in [-0.2, -0.15) is 13.2 Å². The van der Waals surface area contributed by atoms with E-state index >= 15 is 0 Å². The van der Waals surface area contributed by atoms with Gasteiger partial charge < -0.3 is 15.1 Å². The van der Waals surface area contributed by atoms with Crippen molar-refractivity contribution in [1.29, 1.82) is 0 Å². The molecule has 0 fully saturated rings. The minimum Gasteiger partial charge on any atom is -0.465 e. The number of nitrogens with two attached hydrogens (primary N) is 1. The normalized spacial score (nSPS) is 12.4. The maximum atomic E-state index is 12.0. The summed E-state index contributed by atoms with van der Waals surface area (Å²) in [6.45, 7) is 2.50. The second kappa shape index (κ2) is 5.55. The van der Waals surface area contributed by atoms with E-state index in [4.69, 9.17) is 10.2 Å². The van der Waals surface area contributed by atoms with Crippen molar-refractivity contribution in [3.05, 3.63) is 23.2 Å². The fourth-order valence-corrected chi connectivity index (χ4v) is 1.53. The van der Waals surface area contributed by atoms with Gasteiger partial charge in [-0.1, -0.05) is 0 Å². The lowest BCUT2D eigenvalue weighted by Gasteiger charge is -2.17. The number of rotatable bonds is 5. The van der Waals surface area contributed by atoms with Gasteiger partial charge in [0.2, 0.25) is 0 Å². The van der Waals surface area contributed by atoms with Gasteiger partial charge in [-0.3, -0.25) is 0 Å². The molecular weight excluding hydrogens is 233 g/mol. The molecule has 1 heterocycles. The summed E-state index contributed by atoms with van der Waals surface area (Å²) in [6, 6.07) is 1.79. The highest BCUT2D eigenvalue weighted by atomic mass is 19.4. The molecule has 0 saturated heterocycles. The summed E-state index contributed by atoms with van der Waals surface area (Å²) in [5.41, 5.74) is 6.31. The molecule has 1 aromatic heterocycles. The van der Waals surface area contributed by atoms with Gasteiger partial charge in [0.15, 0.2) is 0 Å². The van der Waals surface area contributed by atoms with E-state index in [1.807, 2.05) is 0 Å². The molecule has 17 heavy (non-hydrogen) atoms. The summed E-state index contributed by atoms with van der Waals surface area (Å²) < 4.78 is 41.4. The number of hydrogen-bond donors (Lipinski definition) is 1. The van der Waals surface area contributed by atoms with E-state index in [-0.39, 0.29) is 6.54 Å². The van der Waals surface area contributed by atoms with Crippen LogP contribution in [0.5, 0.6) is 0 Å². The highest BCUT2D eigenvalue weighted by Gasteiger charge is 2.27. The molecule has 0 aliphatic rings. The summed E-state index contributed by atoms with van der Waals surface area (Å²) in [6.07, 6.45) is -4.91. The Balaban J connectivity index is 2.50. The molecule has 0 aliphatic heterocycles. The average molecular weight is 250 g/mol. The van der Waals surface area contributed by atoms with Gasteiger partial charge in [0.1, 0.15) is 11.5 Å². The highest BCUT2D eigenvalue weighted by Crippen LogP contribution is 2.21. The van der Waals surface area contributed by atoms with E-state index in [9.17, 15) is 13.2 Å². The molecule has 1 rings (SSSR count). The fourth-order valence-electron chi connectivity index (χ4n) is 1.53. The zero-order chi connectivity index (χ0) is 13.1. The third-order valence-corrected chi connectivity index (χ3v) is 2.49. The number of alkyl halides is 3. The van der Waals surface area contributed by atoms with Crippen LogP contribution in [0.2, 0.25) is 0 Å². The van der Waals surface area contributed by atoms with E-state index < -0.39 is 12.6 Å². The maximum Gasteiger partial charge on any atom is 0.390 e.